The number of aryl methyl sites for hydroxylation is 2. The van der Waals surface area contributed by atoms with Crippen LogP contribution in [0.15, 0.2) is 6.07 Å². The van der Waals surface area contributed by atoms with Crippen LogP contribution in [0.3, 0.4) is 0 Å². The summed E-state index contributed by atoms with van der Waals surface area (Å²) in [5, 5.41) is 4.47. The lowest BCUT2D eigenvalue weighted by molar-refractivity contribution is -0.118. The van der Waals surface area contributed by atoms with Gasteiger partial charge in [-0.3, -0.25) is 9.48 Å². The zero-order valence-corrected chi connectivity index (χ0v) is 13.6. The van der Waals surface area contributed by atoms with E-state index >= 15 is 0 Å². The third kappa shape index (κ3) is 5.45. The summed E-state index contributed by atoms with van der Waals surface area (Å²) >= 11 is 0. The largest absolute Gasteiger partial charge is 0.327 e. The van der Waals surface area contributed by atoms with Gasteiger partial charge in [0.1, 0.15) is 5.78 Å². The quantitative estimate of drug-likeness (QED) is 0.835. The van der Waals surface area contributed by atoms with E-state index in [2.05, 4.69) is 32.8 Å². The molecule has 0 spiro atoms. The molecule has 0 aromatic carbocycles. The smallest absolute Gasteiger partial charge is 0.140 e. The van der Waals surface area contributed by atoms with Crippen LogP contribution in [0.25, 0.3) is 0 Å². The predicted molar refractivity (Wildman–Crippen MR) is 82.7 cm³/mol. The Kier molecular flexibility index (Phi) is 5.93. The molecule has 1 rings (SSSR count). The summed E-state index contributed by atoms with van der Waals surface area (Å²) in [6.45, 7) is 11.4. The van der Waals surface area contributed by atoms with Gasteiger partial charge in [0.15, 0.2) is 0 Å². The Morgan fingerprint density at radius 1 is 1.40 bits per heavy atom. The van der Waals surface area contributed by atoms with E-state index in [1.165, 1.54) is 0 Å². The number of Topliss-reactive ketones (excluding diaryl/α,β-unsaturated/α-hetero) is 1. The van der Waals surface area contributed by atoms with E-state index in [9.17, 15) is 4.79 Å². The molecule has 1 aromatic heterocycles. The molecule has 0 radical (unpaired) electrons. The fourth-order valence-electron chi connectivity index (χ4n) is 2.53. The number of rotatable bonds is 7. The number of ketones is 1. The van der Waals surface area contributed by atoms with Crippen LogP contribution in [-0.4, -0.2) is 21.6 Å². The summed E-state index contributed by atoms with van der Waals surface area (Å²) in [4.78, 5) is 12.2. The highest BCUT2D eigenvalue weighted by Crippen LogP contribution is 2.21. The fraction of sp³-hybridized carbons (Fsp3) is 0.750. The van der Waals surface area contributed by atoms with Crippen LogP contribution in [0.2, 0.25) is 0 Å². The molecule has 1 aromatic rings. The molecule has 1 heterocycles. The van der Waals surface area contributed by atoms with Crippen LogP contribution in [0.5, 0.6) is 0 Å². The van der Waals surface area contributed by atoms with Crippen molar-refractivity contribution in [3.05, 3.63) is 17.5 Å². The number of nitrogens with zero attached hydrogens (tertiary/aromatic N) is 2. The van der Waals surface area contributed by atoms with Gasteiger partial charge in [-0.1, -0.05) is 27.7 Å². The van der Waals surface area contributed by atoms with Crippen molar-refractivity contribution in [2.45, 2.75) is 72.9 Å². The highest BCUT2D eigenvalue weighted by Gasteiger charge is 2.19. The Morgan fingerprint density at radius 2 is 2.05 bits per heavy atom. The van der Waals surface area contributed by atoms with Crippen molar-refractivity contribution < 1.29 is 4.79 Å². The minimum Gasteiger partial charge on any atom is -0.327 e. The minimum absolute atomic E-state index is 0.0499. The van der Waals surface area contributed by atoms with E-state index in [4.69, 9.17) is 5.73 Å². The summed E-state index contributed by atoms with van der Waals surface area (Å²) < 4.78 is 1.92. The highest BCUT2D eigenvalue weighted by atomic mass is 16.1. The summed E-state index contributed by atoms with van der Waals surface area (Å²) in [6, 6.07) is 1.99. The second-order valence-corrected chi connectivity index (χ2v) is 6.74. The molecule has 0 aliphatic rings. The van der Waals surface area contributed by atoms with Gasteiger partial charge in [-0.05, 0) is 31.2 Å². The number of carbonyl (C=O) groups is 1. The summed E-state index contributed by atoms with van der Waals surface area (Å²) in [7, 11) is 0. The zero-order valence-electron chi connectivity index (χ0n) is 13.6. The van der Waals surface area contributed by atoms with Crippen LogP contribution >= 0.6 is 0 Å². The van der Waals surface area contributed by atoms with Gasteiger partial charge in [0, 0.05) is 31.1 Å². The molecule has 20 heavy (non-hydrogen) atoms. The summed E-state index contributed by atoms with van der Waals surface area (Å²) in [5.41, 5.74) is 8.30. The molecule has 1 unspecified atom stereocenters. The Balaban J connectivity index is 2.60. The first-order chi connectivity index (χ1) is 9.25. The van der Waals surface area contributed by atoms with E-state index in [0.29, 0.717) is 12.8 Å². The first-order valence-electron chi connectivity index (χ1n) is 7.58. The zero-order chi connectivity index (χ0) is 15.3. The van der Waals surface area contributed by atoms with E-state index in [0.717, 1.165) is 30.8 Å². The average Bonchev–Trinajstić information content (AvgIpc) is 2.68. The maximum atomic E-state index is 12.2. The monoisotopic (exact) mass is 279 g/mol. The van der Waals surface area contributed by atoms with Crippen LogP contribution in [0.1, 0.15) is 58.8 Å². The summed E-state index contributed by atoms with van der Waals surface area (Å²) in [6.07, 6.45) is 2.66. The Hall–Kier alpha value is -1.16. The molecule has 4 heteroatoms. The van der Waals surface area contributed by atoms with Crippen LogP contribution in [-0.2, 0) is 24.2 Å². The van der Waals surface area contributed by atoms with Gasteiger partial charge in [-0.15, -0.1) is 0 Å². The first kappa shape index (κ1) is 16.9. The standard InChI is InChI=1S/C16H29N3O/c1-6-13-9-14(19(7-2)18-13)10-15(20)8-12(17)11-16(3,4)5/h9,12H,6-8,10-11,17H2,1-5H3. The first-order valence-corrected chi connectivity index (χ1v) is 7.58. The topological polar surface area (TPSA) is 60.9 Å². The van der Waals surface area contributed by atoms with E-state index in [1.54, 1.807) is 0 Å². The number of carbonyl (C=O) groups excluding carboxylic acids is 1. The van der Waals surface area contributed by atoms with E-state index in [-0.39, 0.29) is 17.2 Å². The highest BCUT2D eigenvalue weighted by molar-refractivity contribution is 5.81. The molecule has 2 N–H and O–H groups in total. The molecule has 4 nitrogen and oxygen atoms in total. The SMILES string of the molecule is CCc1cc(CC(=O)CC(N)CC(C)(C)C)n(CC)n1. The van der Waals surface area contributed by atoms with Crippen molar-refractivity contribution in [1.82, 2.24) is 9.78 Å². The van der Waals surface area contributed by atoms with Gasteiger partial charge in [0.05, 0.1) is 5.69 Å². The van der Waals surface area contributed by atoms with Crippen molar-refractivity contribution in [3.8, 4) is 0 Å². The van der Waals surface area contributed by atoms with Gasteiger partial charge in [0.25, 0.3) is 0 Å². The Morgan fingerprint density at radius 3 is 2.55 bits per heavy atom. The third-order valence-corrected chi connectivity index (χ3v) is 3.32. The van der Waals surface area contributed by atoms with Gasteiger partial charge in [-0.2, -0.15) is 5.10 Å². The Labute approximate surface area is 122 Å². The maximum absolute atomic E-state index is 12.2. The number of aromatic nitrogens is 2. The van der Waals surface area contributed by atoms with Crippen molar-refractivity contribution in [2.24, 2.45) is 11.1 Å². The van der Waals surface area contributed by atoms with Gasteiger partial charge < -0.3 is 5.73 Å². The lowest BCUT2D eigenvalue weighted by atomic mass is 9.86. The van der Waals surface area contributed by atoms with Crippen molar-refractivity contribution in [3.63, 3.8) is 0 Å². The van der Waals surface area contributed by atoms with Crippen LogP contribution in [0.4, 0.5) is 0 Å². The van der Waals surface area contributed by atoms with Gasteiger partial charge >= 0.3 is 0 Å². The van der Waals surface area contributed by atoms with E-state index < -0.39 is 0 Å². The second-order valence-electron chi connectivity index (χ2n) is 6.74. The molecule has 0 saturated carbocycles. The normalized spacial score (nSPS) is 13.5. The molecular formula is C16H29N3O. The minimum atomic E-state index is -0.0499. The average molecular weight is 279 g/mol. The van der Waals surface area contributed by atoms with Crippen molar-refractivity contribution in [1.29, 1.82) is 0 Å². The number of nitrogens with two attached hydrogens (primary N) is 1. The maximum Gasteiger partial charge on any atom is 0.140 e. The second kappa shape index (κ2) is 7.02. The summed E-state index contributed by atoms with van der Waals surface area (Å²) in [5.74, 6) is 0.207. The van der Waals surface area contributed by atoms with Crippen molar-refractivity contribution in [2.75, 3.05) is 0 Å². The Bertz CT molecular complexity index is 443. The molecule has 0 aliphatic carbocycles. The van der Waals surface area contributed by atoms with Crippen molar-refractivity contribution >= 4 is 5.78 Å². The van der Waals surface area contributed by atoms with Gasteiger partial charge in [0.2, 0.25) is 0 Å². The van der Waals surface area contributed by atoms with Crippen LogP contribution in [0, 0.1) is 5.41 Å². The lowest BCUT2D eigenvalue weighted by Crippen LogP contribution is -2.29. The number of hydrogen-bond acceptors (Lipinski definition) is 3. The number of hydrogen-bond donors (Lipinski definition) is 1. The fourth-order valence-corrected chi connectivity index (χ4v) is 2.53. The van der Waals surface area contributed by atoms with Gasteiger partial charge in [-0.25, -0.2) is 0 Å². The third-order valence-electron chi connectivity index (χ3n) is 3.32. The predicted octanol–water partition coefficient (Wildman–Crippen LogP) is 2.73. The van der Waals surface area contributed by atoms with E-state index in [1.807, 2.05) is 17.7 Å². The molecule has 0 bridgehead atoms. The molecule has 114 valence electrons. The molecule has 0 fully saturated rings. The molecule has 0 amide bonds. The molecule has 0 aliphatic heterocycles. The molecular weight excluding hydrogens is 250 g/mol. The molecule has 0 saturated heterocycles. The van der Waals surface area contributed by atoms with Crippen LogP contribution < -0.4 is 5.73 Å². The molecule has 1 atom stereocenters. The lowest BCUT2D eigenvalue weighted by Gasteiger charge is -2.22.